The first-order valence-corrected chi connectivity index (χ1v) is 9.62. The van der Waals surface area contributed by atoms with Crippen molar-refractivity contribution < 1.29 is 18.7 Å². The number of rotatable bonds is 4. The second-order valence-corrected chi connectivity index (χ2v) is 8.08. The van der Waals surface area contributed by atoms with Crippen LogP contribution >= 0.6 is 0 Å². The maximum atomic E-state index is 13.5. The monoisotopic (exact) mass is 392 g/mol. The number of fused-ring (bicyclic) bond motifs is 1. The molecule has 1 amide bonds. The largest absolute Gasteiger partial charge is 0.494 e. The molecule has 1 unspecified atom stereocenters. The number of nitrogens with zero attached hydrogens (tertiary/aromatic N) is 3. The van der Waals surface area contributed by atoms with Crippen LogP contribution < -0.4 is 10.1 Å². The van der Waals surface area contributed by atoms with Gasteiger partial charge < -0.3 is 24.6 Å². The van der Waals surface area contributed by atoms with Gasteiger partial charge in [-0.05, 0) is 44.9 Å². The van der Waals surface area contributed by atoms with Gasteiger partial charge in [0.1, 0.15) is 5.60 Å². The van der Waals surface area contributed by atoms with Crippen LogP contribution in [0.15, 0.2) is 23.2 Å². The van der Waals surface area contributed by atoms with Gasteiger partial charge in [-0.25, -0.2) is 9.18 Å². The number of halogens is 1. The molecule has 0 aliphatic carbocycles. The van der Waals surface area contributed by atoms with Crippen molar-refractivity contribution in [1.82, 2.24) is 15.1 Å². The fourth-order valence-electron chi connectivity index (χ4n) is 3.40. The number of hydrogen-bond donors (Lipinski definition) is 1. The molecule has 0 bridgehead atoms. The second-order valence-electron chi connectivity index (χ2n) is 8.08. The van der Waals surface area contributed by atoms with Gasteiger partial charge in [-0.2, -0.15) is 0 Å². The Hall–Kier alpha value is -2.51. The quantitative estimate of drug-likeness (QED) is 0.851. The number of guanidine groups is 1. The van der Waals surface area contributed by atoms with Crippen molar-refractivity contribution in [1.29, 1.82) is 0 Å². The predicted molar refractivity (Wildman–Crippen MR) is 105 cm³/mol. The number of benzene rings is 1. The lowest BCUT2D eigenvalue weighted by Crippen LogP contribution is -2.57. The molecule has 1 atom stereocenters. The molecular weight excluding hydrogens is 363 g/mol. The zero-order valence-electron chi connectivity index (χ0n) is 17.0. The average Bonchev–Trinajstić information content (AvgIpc) is 3.04. The SMILES string of the molecule is COc1cc(CCNC2=NCC3CN(C(=O)OC(C)(C)C)CCN23)ccc1F. The number of methoxy groups -OCH3 is 1. The van der Waals surface area contributed by atoms with Crippen LogP contribution in [0.2, 0.25) is 0 Å². The van der Waals surface area contributed by atoms with Crippen molar-refractivity contribution in [3.05, 3.63) is 29.6 Å². The second kappa shape index (κ2) is 8.24. The Morgan fingerprint density at radius 1 is 1.36 bits per heavy atom. The van der Waals surface area contributed by atoms with Crippen molar-refractivity contribution in [2.24, 2.45) is 4.99 Å². The number of nitrogens with one attached hydrogen (secondary N) is 1. The maximum absolute atomic E-state index is 13.5. The Bertz CT molecular complexity index is 747. The molecular formula is C20H29FN4O3. The molecule has 2 aliphatic heterocycles. The molecule has 1 fully saturated rings. The third-order valence-electron chi connectivity index (χ3n) is 4.77. The first-order valence-electron chi connectivity index (χ1n) is 9.62. The van der Waals surface area contributed by atoms with E-state index < -0.39 is 5.60 Å². The maximum Gasteiger partial charge on any atom is 0.410 e. The number of piperazine rings is 1. The summed E-state index contributed by atoms with van der Waals surface area (Å²) in [6.07, 6.45) is 0.469. The van der Waals surface area contributed by atoms with Gasteiger partial charge in [-0.3, -0.25) is 4.99 Å². The molecule has 1 saturated heterocycles. The van der Waals surface area contributed by atoms with E-state index in [0.29, 0.717) is 26.2 Å². The number of amides is 1. The molecule has 8 heteroatoms. The molecule has 0 spiro atoms. The molecule has 2 heterocycles. The van der Waals surface area contributed by atoms with Crippen LogP contribution in [0.3, 0.4) is 0 Å². The third kappa shape index (κ3) is 4.85. The van der Waals surface area contributed by atoms with E-state index in [0.717, 1.165) is 24.5 Å². The fourth-order valence-corrected chi connectivity index (χ4v) is 3.40. The number of carbonyl (C=O) groups excluding carboxylic acids is 1. The zero-order chi connectivity index (χ0) is 20.3. The topological polar surface area (TPSA) is 66.4 Å². The normalized spacial score (nSPS) is 19.2. The highest BCUT2D eigenvalue weighted by molar-refractivity contribution is 5.82. The van der Waals surface area contributed by atoms with Crippen molar-refractivity contribution in [3.8, 4) is 5.75 Å². The van der Waals surface area contributed by atoms with Crippen LogP contribution in [-0.2, 0) is 11.2 Å². The van der Waals surface area contributed by atoms with Crippen LogP contribution in [0.5, 0.6) is 5.75 Å². The summed E-state index contributed by atoms with van der Waals surface area (Å²) < 4.78 is 24.0. The molecule has 0 aromatic heterocycles. The third-order valence-corrected chi connectivity index (χ3v) is 4.77. The Labute approximate surface area is 165 Å². The number of ether oxygens (including phenoxy) is 2. The smallest absolute Gasteiger partial charge is 0.410 e. The van der Waals surface area contributed by atoms with Crippen LogP contribution in [0.4, 0.5) is 9.18 Å². The van der Waals surface area contributed by atoms with Crippen molar-refractivity contribution in [3.63, 3.8) is 0 Å². The molecule has 3 rings (SSSR count). The predicted octanol–water partition coefficient (Wildman–Crippen LogP) is 2.26. The van der Waals surface area contributed by atoms with Crippen molar-refractivity contribution >= 4 is 12.1 Å². The number of aliphatic imine (C=N–C) groups is 1. The van der Waals surface area contributed by atoms with E-state index in [1.807, 2.05) is 20.8 Å². The van der Waals surface area contributed by atoms with E-state index >= 15 is 0 Å². The lowest BCUT2D eigenvalue weighted by molar-refractivity contribution is 0.0137. The molecule has 1 N–H and O–H groups in total. The van der Waals surface area contributed by atoms with Crippen LogP contribution in [0.25, 0.3) is 0 Å². The molecule has 28 heavy (non-hydrogen) atoms. The number of hydrogen-bond acceptors (Lipinski definition) is 6. The summed E-state index contributed by atoms with van der Waals surface area (Å²) >= 11 is 0. The molecule has 1 aromatic carbocycles. The minimum absolute atomic E-state index is 0.176. The van der Waals surface area contributed by atoms with Crippen LogP contribution in [0.1, 0.15) is 26.3 Å². The van der Waals surface area contributed by atoms with Crippen LogP contribution in [0, 0.1) is 5.82 Å². The van der Waals surface area contributed by atoms with Gasteiger partial charge in [0.15, 0.2) is 17.5 Å². The first-order chi connectivity index (χ1) is 13.3. The highest BCUT2D eigenvalue weighted by atomic mass is 19.1. The van der Waals surface area contributed by atoms with E-state index in [1.165, 1.54) is 13.2 Å². The fraction of sp³-hybridized carbons (Fsp3) is 0.600. The van der Waals surface area contributed by atoms with E-state index in [9.17, 15) is 9.18 Å². The van der Waals surface area contributed by atoms with E-state index in [1.54, 1.807) is 17.0 Å². The van der Waals surface area contributed by atoms with Crippen molar-refractivity contribution in [2.75, 3.05) is 39.8 Å². The molecule has 2 aliphatic rings. The number of carbonyl (C=O) groups is 1. The summed E-state index contributed by atoms with van der Waals surface area (Å²) in [5.41, 5.74) is 0.506. The van der Waals surface area contributed by atoms with Gasteiger partial charge in [-0.15, -0.1) is 0 Å². The lowest BCUT2D eigenvalue weighted by Gasteiger charge is -2.39. The molecule has 0 radical (unpaired) electrons. The first kappa shape index (κ1) is 20.2. The minimum atomic E-state index is -0.490. The lowest BCUT2D eigenvalue weighted by atomic mass is 10.1. The van der Waals surface area contributed by atoms with E-state index in [-0.39, 0.29) is 23.7 Å². The van der Waals surface area contributed by atoms with E-state index in [2.05, 4.69) is 15.2 Å². The highest BCUT2D eigenvalue weighted by Crippen LogP contribution is 2.20. The Kier molecular flexibility index (Phi) is 5.96. The van der Waals surface area contributed by atoms with Gasteiger partial charge in [0.25, 0.3) is 0 Å². The Morgan fingerprint density at radius 3 is 2.86 bits per heavy atom. The van der Waals surface area contributed by atoms with E-state index in [4.69, 9.17) is 9.47 Å². The van der Waals surface area contributed by atoms with Gasteiger partial charge in [-0.1, -0.05) is 6.07 Å². The summed E-state index contributed by atoms with van der Waals surface area (Å²) in [7, 11) is 1.46. The molecule has 7 nitrogen and oxygen atoms in total. The summed E-state index contributed by atoms with van der Waals surface area (Å²) in [5, 5.41) is 3.37. The zero-order valence-corrected chi connectivity index (χ0v) is 17.0. The Morgan fingerprint density at radius 2 is 2.14 bits per heavy atom. The average molecular weight is 392 g/mol. The van der Waals surface area contributed by atoms with Crippen LogP contribution in [-0.4, -0.2) is 73.3 Å². The van der Waals surface area contributed by atoms with Gasteiger partial charge in [0.2, 0.25) is 0 Å². The summed E-state index contributed by atoms with van der Waals surface area (Å²) in [6.45, 7) is 8.91. The molecule has 154 valence electrons. The van der Waals surface area contributed by atoms with Gasteiger partial charge in [0, 0.05) is 26.2 Å². The van der Waals surface area contributed by atoms with Gasteiger partial charge >= 0.3 is 6.09 Å². The van der Waals surface area contributed by atoms with Crippen molar-refractivity contribution in [2.45, 2.75) is 38.8 Å². The van der Waals surface area contributed by atoms with Gasteiger partial charge in [0.05, 0.1) is 19.7 Å². The molecule has 1 aromatic rings. The minimum Gasteiger partial charge on any atom is -0.494 e. The summed E-state index contributed by atoms with van der Waals surface area (Å²) in [4.78, 5) is 20.9. The molecule has 0 saturated carbocycles. The summed E-state index contributed by atoms with van der Waals surface area (Å²) in [5.74, 6) is 0.766. The standard InChI is InChI=1S/C20H29FN4O3/c1-20(2,3)28-19(26)24-9-10-25-15(13-24)12-23-18(25)22-8-7-14-5-6-16(21)17(11-14)27-4/h5-6,11,15H,7-10,12-13H2,1-4H3,(H,22,23). The Balaban J connectivity index is 1.48. The summed E-state index contributed by atoms with van der Waals surface area (Å²) in [6, 6.07) is 5.08. The highest BCUT2D eigenvalue weighted by Gasteiger charge is 2.36.